The topological polar surface area (TPSA) is 92.8 Å². The first-order valence-corrected chi connectivity index (χ1v) is 10.8. The van der Waals surface area contributed by atoms with E-state index in [4.69, 9.17) is 9.47 Å². The van der Waals surface area contributed by atoms with Crippen LogP contribution in [-0.4, -0.2) is 23.4 Å². The molecule has 1 amide bonds. The number of nitriles is 1. The molecule has 7 heteroatoms. The second-order valence-electron chi connectivity index (χ2n) is 7.65. The van der Waals surface area contributed by atoms with Gasteiger partial charge < -0.3 is 19.2 Å². The summed E-state index contributed by atoms with van der Waals surface area (Å²) in [5.41, 5.74) is 3.48. The van der Waals surface area contributed by atoms with Crippen LogP contribution in [0.25, 0.3) is 5.52 Å². The number of nitrogens with one attached hydrogen (secondary N) is 1. The second-order valence-corrected chi connectivity index (χ2v) is 7.65. The van der Waals surface area contributed by atoms with Crippen molar-refractivity contribution in [2.75, 3.05) is 12.4 Å². The van der Waals surface area contributed by atoms with Crippen molar-refractivity contribution in [3.63, 3.8) is 0 Å². The Kier molecular flexibility index (Phi) is 6.89. The molecular weight excluding hydrogens is 430 g/mol. The van der Waals surface area contributed by atoms with Crippen molar-refractivity contribution in [1.82, 2.24) is 4.40 Å². The normalized spacial score (nSPS) is 10.5. The van der Waals surface area contributed by atoms with Gasteiger partial charge in [-0.05, 0) is 48.4 Å². The number of fused-ring (bicyclic) bond motifs is 1. The summed E-state index contributed by atoms with van der Waals surface area (Å²) in [4.78, 5) is 25.3. The molecule has 0 atom stereocenters. The van der Waals surface area contributed by atoms with Crippen LogP contribution in [0.5, 0.6) is 5.75 Å². The molecule has 2 heterocycles. The van der Waals surface area contributed by atoms with Crippen molar-refractivity contribution in [1.29, 1.82) is 5.26 Å². The number of hydrogen-bond acceptors (Lipinski definition) is 5. The van der Waals surface area contributed by atoms with Crippen LogP contribution in [0.3, 0.4) is 0 Å². The number of methoxy groups -OCH3 is 1. The predicted octanol–water partition coefficient (Wildman–Crippen LogP) is 4.75. The van der Waals surface area contributed by atoms with Crippen molar-refractivity contribution in [3.8, 4) is 11.8 Å². The van der Waals surface area contributed by atoms with E-state index in [1.165, 1.54) is 0 Å². The third kappa shape index (κ3) is 5.08. The number of rotatable bonds is 8. The molecule has 4 rings (SSSR count). The van der Waals surface area contributed by atoms with Gasteiger partial charge in [-0.1, -0.05) is 30.3 Å². The molecule has 0 bridgehead atoms. The summed E-state index contributed by atoms with van der Waals surface area (Å²) in [7, 11) is 1.61. The Morgan fingerprint density at radius 1 is 1.03 bits per heavy atom. The Morgan fingerprint density at radius 2 is 1.79 bits per heavy atom. The fourth-order valence-electron chi connectivity index (χ4n) is 3.67. The van der Waals surface area contributed by atoms with E-state index in [9.17, 15) is 14.9 Å². The number of nitrogens with zero attached hydrogens (tertiary/aromatic N) is 2. The molecule has 0 unspecified atom stereocenters. The number of aromatic nitrogens is 1. The monoisotopic (exact) mass is 453 g/mol. The number of ether oxygens (including phenoxy) is 2. The van der Waals surface area contributed by atoms with Crippen LogP contribution in [-0.2, 0) is 22.6 Å². The van der Waals surface area contributed by atoms with Crippen LogP contribution in [0.2, 0.25) is 0 Å². The first-order valence-electron chi connectivity index (χ1n) is 10.8. The Balaban J connectivity index is 1.40. The number of para-hydroxylation sites is 1. The predicted molar refractivity (Wildman–Crippen MR) is 128 cm³/mol. The number of esters is 1. The molecule has 7 nitrogen and oxygen atoms in total. The van der Waals surface area contributed by atoms with Gasteiger partial charge in [0.25, 0.3) is 0 Å². The first kappa shape index (κ1) is 22.6. The first-order chi connectivity index (χ1) is 16.6. The van der Waals surface area contributed by atoms with Crippen LogP contribution < -0.4 is 10.1 Å². The van der Waals surface area contributed by atoms with E-state index in [-0.39, 0.29) is 24.5 Å². The van der Waals surface area contributed by atoms with Crippen molar-refractivity contribution in [2.45, 2.75) is 19.4 Å². The molecule has 34 heavy (non-hydrogen) atoms. The molecule has 0 saturated carbocycles. The zero-order valence-corrected chi connectivity index (χ0v) is 18.7. The molecule has 2 aromatic carbocycles. The Hall–Kier alpha value is -4.57. The number of amides is 1. The van der Waals surface area contributed by atoms with Crippen LogP contribution in [0.1, 0.15) is 33.5 Å². The van der Waals surface area contributed by atoms with E-state index in [0.717, 1.165) is 16.8 Å². The lowest BCUT2D eigenvalue weighted by atomic mass is 10.1. The van der Waals surface area contributed by atoms with E-state index in [1.54, 1.807) is 37.6 Å². The highest BCUT2D eigenvalue weighted by Gasteiger charge is 2.17. The van der Waals surface area contributed by atoms with Crippen LogP contribution in [0, 0.1) is 11.3 Å². The molecule has 0 aliphatic heterocycles. The third-order valence-electron chi connectivity index (χ3n) is 5.45. The van der Waals surface area contributed by atoms with Crippen molar-refractivity contribution >= 4 is 23.1 Å². The highest BCUT2D eigenvalue weighted by atomic mass is 16.5. The summed E-state index contributed by atoms with van der Waals surface area (Å²) in [6.45, 7) is -0.0524. The van der Waals surface area contributed by atoms with Crippen LogP contribution >= 0.6 is 0 Å². The quantitative estimate of drug-likeness (QED) is 0.389. The van der Waals surface area contributed by atoms with E-state index >= 15 is 0 Å². The SMILES string of the molecule is COc1ccc(CCC(=O)Nc2ccccc2C(=O)OCc2cn3ccccc3c2C#N)cc1. The molecule has 0 saturated heterocycles. The lowest BCUT2D eigenvalue weighted by Crippen LogP contribution is -2.16. The van der Waals surface area contributed by atoms with Gasteiger partial charge in [-0.3, -0.25) is 4.79 Å². The van der Waals surface area contributed by atoms with Gasteiger partial charge in [0.1, 0.15) is 18.4 Å². The summed E-state index contributed by atoms with van der Waals surface area (Å²) in [6.07, 6.45) is 4.42. The van der Waals surface area contributed by atoms with Gasteiger partial charge in [0, 0.05) is 24.4 Å². The standard InChI is InChI=1S/C27H23N3O4/c1-33-21-12-9-19(10-13-21)11-14-26(31)29-24-7-3-2-6-22(24)27(32)34-18-20-17-30-15-5-4-8-25(30)23(20)16-28/h2-10,12-13,15,17H,11,14,18H2,1H3,(H,29,31). The fourth-order valence-corrected chi connectivity index (χ4v) is 3.67. The molecule has 1 N–H and O–H groups in total. The van der Waals surface area contributed by atoms with Gasteiger partial charge in [0.2, 0.25) is 5.91 Å². The summed E-state index contributed by atoms with van der Waals surface area (Å²) in [6, 6.07) is 22.0. The lowest BCUT2D eigenvalue weighted by molar-refractivity contribution is -0.116. The maximum atomic E-state index is 12.8. The molecule has 170 valence electrons. The summed E-state index contributed by atoms with van der Waals surface area (Å²) >= 11 is 0. The number of carbonyl (C=O) groups excluding carboxylic acids is 2. The molecule has 0 spiro atoms. The molecule has 0 aliphatic carbocycles. The number of carbonyl (C=O) groups is 2. The number of hydrogen-bond donors (Lipinski definition) is 1. The molecule has 2 aromatic heterocycles. The second kappa shape index (κ2) is 10.4. The van der Waals surface area contributed by atoms with Gasteiger partial charge in [-0.25, -0.2) is 4.79 Å². The van der Waals surface area contributed by atoms with Crippen molar-refractivity contribution < 1.29 is 19.1 Å². The number of anilines is 1. The van der Waals surface area contributed by atoms with Gasteiger partial charge >= 0.3 is 5.97 Å². The highest BCUT2D eigenvalue weighted by molar-refractivity contribution is 6.01. The summed E-state index contributed by atoms with van der Waals surface area (Å²) < 4.78 is 12.5. The Morgan fingerprint density at radius 3 is 2.56 bits per heavy atom. The summed E-state index contributed by atoms with van der Waals surface area (Å²) in [5, 5.41) is 12.3. The number of pyridine rings is 1. The average molecular weight is 453 g/mol. The Labute approximate surface area is 197 Å². The Bertz CT molecular complexity index is 1370. The molecular formula is C27H23N3O4. The number of aryl methyl sites for hydroxylation is 1. The van der Waals surface area contributed by atoms with Crippen LogP contribution in [0.4, 0.5) is 5.69 Å². The molecule has 0 aliphatic rings. The van der Waals surface area contributed by atoms with Gasteiger partial charge in [0.15, 0.2) is 0 Å². The highest BCUT2D eigenvalue weighted by Crippen LogP contribution is 2.21. The fraction of sp³-hybridized carbons (Fsp3) is 0.148. The van der Waals surface area contributed by atoms with E-state index in [0.29, 0.717) is 23.2 Å². The van der Waals surface area contributed by atoms with Gasteiger partial charge in [-0.2, -0.15) is 5.26 Å². The lowest BCUT2D eigenvalue weighted by Gasteiger charge is -2.11. The molecule has 0 radical (unpaired) electrons. The minimum absolute atomic E-state index is 0.0524. The van der Waals surface area contributed by atoms with Crippen LogP contribution in [0.15, 0.2) is 79.1 Å². The minimum atomic E-state index is -0.579. The zero-order chi connectivity index (χ0) is 23.9. The van der Waals surface area contributed by atoms with Crippen molar-refractivity contribution in [2.24, 2.45) is 0 Å². The van der Waals surface area contributed by atoms with Gasteiger partial charge in [0.05, 0.1) is 29.4 Å². The zero-order valence-electron chi connectivity index (χ0n) is 18.7. The van der Waals surface area contributed by atoms with Gasteiger partial charge in [-0.15, -0.1) is 0 Å². The smallest absolute Gasteiger partial charge is 0.340 e. The van der Waals surface area contributed by atoms with Crippen molar-refractivity contribution in [3.05, 3.63) is 101 Å². The van der Waals surface area contributed by atoms with E-state index in [2.05, 4.69) is 11.4 Å². The third-order valence-corrected chi connectivity index (χ3v) is 5.45. The largest absolute Gasteiger partial charge is 0.497 e. The maximum absolute atomic E-state index is 12.8. The van der Waals surface area contributed by atoms with E-state index in [1.807, 2.05) is 53.1 Å². The van der Waals surface area contributed by atoms with E-state index < -0.39 is 5.97 Å². The molecule has 0 fully saturated rings. The average Bonchev–Trinajstić information content (AvgIpc) is 3.24. The maximum Gasteiger partial charge on any atom is 0.340 e. The minimum Gasteiger partial charge on any atom is -0.497 e. The number of benzene rings is 2. The molecule has 4 aromatic rings. The summed E-state index contributed by atoms with van der Waals surface area (Å²) in [5.74, 6) is -0.0253.